The van der Waals surface area contributed by atoms with Gasteiger partial charge in [-0.2, -0.15) is 0 Å². The van der Waals surface area contributed by atoms with E-state index < -0.39 is 0 Å². The third kappa shape index (κ3) is 5.80. The third-order valence-electron chi connectivity index (χ3n) is 1.64. The van der Waals surface area contributed by atoms with Crippen molar-refractivity contribution in [3.05, 3.63) is 0 Å². The molecule has 1 heteroatoms. The Bertz CT molecular complexity index is 86.7. The van der Waals surface area contributed by atoms with Crippen LogP contribution in [0.5, 0.6) is 0 Å². The Kier molecular flexibility index (Phi) is 6.56. The maximum atomic E-state index is 4.31. The molecule has 0 spiro atoms. The minimum absolute atomic E-state index is 0.664. The summed E-state index contributed by atoms with van der Waals surface area (Å²) in [6, 6.07) is 0. The zero-order chi connectivity index (χ0) is 7.82. The van der Waals surface area contributed by atoms with Crippen molar-refractivity contribution in [3.8, 4) is 0 Å². The predicted molar refractivity (Wildman–Crippen MR) is 47.7 cm³/mol. The largest absolute Gasteiger partial charge is 0.297 e. The third-order valence-corrected chi connectivity index (χ3v) is 1.64. The molecule has 0 heterocycles. The number of hydrogen-bond acceptors (Lipinski definition) is 1. The molecule has 1 unspecified atom stereocenters. The topological polar surface area (TPSA) is 12.4 Å². The van der Waals surface area contributed by atoms with Crippen LogP contribution < -0.4 is 0 Å². The van der Waals surface area contributed by atoms with Crippen LogP contribution in [0.1, 0.15) is 40.0 Å². The van der Waals surface area contributed by atoms with Gasteiger partial charge in [0.15, 0.2) is 0 Å². The number of nitrogens with zero attached hydrogens (tertiary/aromatic N) is 1. The SMILES string of the molecule is CCCCN=CC(C)CC. The van der Waals surface area contributed by atoms with Crippen LogP contribution in [0.2, 0.25) is 0 Å². The minimum Gasteiger partial charge on any atom is -0.297 e. The highest BCUT2D eigenvalue weighted by Crippen LogP contribution is 1.96. The summed E-state index contributed by atoms with van der Waals surface area (Å²) in [5.74, 6) is 0.664. The quantitative estimate of drug-likeness (QED) is 0.412. The van der Waals surface area contributed by atoms with Crippen LogP contribution in [-0.2, 0) is 0 Å². The molecular weight excluding hydrogens is 122 g/mol. The molecule has 0 saturated carbocycles. The molecule has 0 bridgehead atoms. The van der Waals surface area contributed by atoms with E-state index >= 15 is 0 Å². The molecule has 0 rings (SSSR count). The molecule has 0 amide bonds. The van der Waals surface area contributed by atoms with E-state index in [1.807, 2.05) is 0 Å². The monoisotopic (exact) mass is 141 g/mol. The molecular formula is C9H19N. The van der Waals surface area contributed by atoms with Crippen molar-refractivity contribution in [1.82, 2.24) is 0 Å². The fraction of sp³-hybridized carbons (Fsp3) is 0.889. The van der Waals surface area contributed by atoms with Gasteiger partial charge in [0.25, 0.3) is 0 Å². The van der Waals surface area contributed by atoms with Gasteiger partial charge in [0.2, 0.25) is 0 Å². The molecule has 60 valence electrons. The highest BCUT2D eigenvalue weighted by atomic mass is 14.7. The van der Waals surface area contributed by atoms with Gasteiger partial charge < -0.3 is 0 Å². The minimum atomic E-state index is 0.664. The molecule has 0 aromatic rings. The summed E-state index contributed by atoms with van der Waals surface area (Å²) in [5, 5.41) is 0. The molecule has 10 heavy (non-hydrogen) atoms. The Morgan fingerprint density at radius 2 is 2.10 bits per heavy atom. The molecule has 0 aromatic heterocycles. The zero-order valence-corrected chi connectivity index (χ0v) is 7.43. The van der Waals surface area contributed by atoms with E-state index in [-0.39, 0.29) is 0 Å². The van der Waals surface area contributed by atoms with Crippen molar-refractivity contribution in [2.24, 2.45) is 10.9 Å². The van der Waals surface area contributed by atoms with E-state index in [2.05, 4.69) is 32.0 Å². The molecule has 0 aliphatic rings. The fourth-order valence-corrected chi connectivity index (χ4v) is 0.609. The van der Waals surface area contributed by atoms with Gasteiger partial charge in [-0.3, -0.25) is 4.99 Å². The lowest BCUT2D eigenvalue weighted by Gasteiger charge is -1.97. The highest BCUT2D eigenvalue weighted by Gasteiger charge is 1.89. The summed E-state index contributed by atoms with van der Waals surface area (Å²) >= 11 is 0. The number of unbranched alkanes of at least 4 members (excludes halogenated alkanes) is 1. The summed E-state index contributed by atoms with van der Waals surface area (Å²) in [5.41, 5.74) is 0. The van der Waals surface area contributed by atoms with Crippen LogP contribution in [-0.4, -0.2) is 12.8 Å². The average Bonchev–Trinajstić information content (AvgIpc) is 1.98. The zero-order valence-electron chi connectivity index (χ0n) is 7.43. The standard InChI is InChI=1S/C9H19N/c1-4-6-7-10-8-9(3)5-2/h8-9H,4-7H2,1-3H3. The van der Waals surface area contributed by atoms with E-state index in [9.17, 15) is 0 Å². The van der Waals surface area contributed by atoms with E-state index in [4.69, 9.17) is 0 Å². The number of rotatable bonds is 5. The van der Waals surface area contributed by atoms with E-state index in [1.54, 1.807) is 0 Å². The van der Waals surface area contributed by atoms with Gasteiger partial charge in [0.05, 0.1) is 0 Å². The second-order valence-electron chi connectivity index (χ2n) is 2.79. The molecule has 1 nitrogen and oxygen atoms in total. The smallest absolute Gasteiger partial charge is 0.0385 e. The molecule has 0 aromatic carbocycles. The molecule has 0 radical (unpaired) electrons. The van der Waals surface area contributed by atoms with Gasteiger partial charge in [-0.05, 0) is 18.8 Å². The van der Waals surface area contributed by atoms with Crippen molar-refractivity contribution in [3.63, 3.8) is 0 Å². The highest BCUT2D eigenvalue weighted by molar-refractivity contribution is 5.59. The van der Waals surface area contributed by atoms with E-state index in [1.165, 1.54) is 19.3 Å². The predicted octanol–water partition coefficient (Wildman–Crippen LogP) is 2.90. The average molecular weight is 141 g/mol. The lowest BCUT2D eigenvalue weighted by Crippen LogP contribution is -1.93. The molecule has 0 aliphatic heterocycles. The van der Waals surface area contributed by atoms with Crippen LogP contribution in [0.25, 0.3) is 0 Å². The lowest BCUT2D eigenvalue weighted by molar-refractivity contribution is 0.741. The lowest BCUT2D eigenvalue weighted by atomic mass is 10.1. The summed E-state index contributed by atoms with van der Waals surface area (Å²) in [6.45, 7) is 7.60. The van der Waals surface area contributed by atoms with Crippen LogP contribution >= 0.6 is 0 Å². The normalized spacial score (nSPS) is 14.3. The first kappa shape index (κ1) is 9.67. The van der Waals surface area contributed by atoms with Crippen molar-refractivity contribution in [1.29, 1.82) is 0 Å². The van der Waals surface area contributed by atoms with Crippen LogP contribution in [0.15, 0.2) is 4.99 Å². The first-order chi connectivity index (χ1) is 4.81. The second-order valence-corrected chi connectivity index (χ2v) is 2.79. The first-order valence-electron chi connectivity index (χ1n) is 4.31. The van der Waals surface area contributed by atoms with Gasteiger partial charge >= 0.3 is 0 Å². The van der Waals surface area contributed by atoms with Crippen LogP contribution in [0.4, 0.5) is 0 Å². The summed E-state index contributed by atoms with van der Waals surface area (Å²) in [6.07, 6.45) is 5.76. The van der Waals surface area contributed by atoms with E-state index in [0.717, 1.165) is 6.54 Å². The van der Waals surface area contributed by atoms with Gasteiger partial charge in [0.1, 0.15) is 0 Å². The van der Waals surface area contributed by atoms with Gasteiger partial charge in [-0.15, -0.1) is 0 Å². The first-order valence-corrected chi connectivity index (χ1v) is 4.31. The Balaban J connectivity index is 3.18. The van der Waals surface area contributed by atoms with E-state index in [0.29, 0.717) is 5.92 Å². The van der Waals surface area contributed by atoms with Crippen molar-refractivity contribution < 1.29 is 0 Å². The summed E-state index contributed by atoms with van der Waals surface area (Å²) < 4.78 is 0. The molecule has 1 atom stereocenters. The van der Waals surface area contributed by atoms with Gasteiger partial charge in [-0.1, -0.05) is 27.2 Å². The van der Waals surface area contributed by atoms with Gasteiger partial charge in [0, 0.05) is 12.8 Å². The van der Waals surface area contributed by atoms with Crippen molar-refractivity contribution >= 4 is 6.21 Å². The Morgan fingerprint density at radius 1 is 1.40 bits per heavy atom. The van der Waals surface area contributed by atoms with Crippen molar-refractivity contribution in [2.75, 3.05) is 6.54 Å². The summed E-state index contributed by atoms with van der Waals surface area (Å²) in [4.78, 5) is 4.31. The number of aliphatic imine (C=N–C) groups is 1. The number of hydrogen-bond donors (Lipinski definition) is 0. The van der Waals surface area contributed by atoms with Crippen LogP contribution in [0.3, 0.4) is 0 Å². The maximum absolute atomic E-state index is 4.31. The maximum Gasteiger partial charge on any atom is 0.0385 e. The Hall–Kier alpha value is -0.330. The van der Waals surface area contributed by atoms with Crippen molar-refractivity contribution in [2.45, 2.75) is 40.0 Å². The second kappa shape index (κ2) is 6.79. The fourth-order valence-electron chi connectivity index (χ4n) is 0.609. The Labute approximate surface area is 64.6 Å². The van der Waals surface area contributed by atoms with Crippen LogP contribution in [0, 0.1) is 5.92 Å². The Morgan fingerprint density at radius 3 is 2.60 bits per heavy atom. The molecule has 0 fully saturated rings. The van der Waals surface area contributed by atoms with Gasteiger partial charge in [-0.25, -0.2) is 0 Å². The molecule has 0 aliphatic carbocycles. The molecule has 0 N–H and O–H groups in total. The summed E-state index contributed by atoms with van der Waals surface area (Å²) in [7, 11) is 0. The molecule has 0 saturated heterocycles.